The van der Waals surface area contributed by atoms with E-state index in [1.165, 1.54) is 6.07 Å². The molecule has 0 aliphatic rings. The van der Waals surface area contributed by atoms with Crippen LogP contribution in [0.2, 0.25) is 0 Å². The number of halogens is 2. The summed E-state index contributed by atoms with van der Waals surface area (Å²) < 4.78 is 16.3. The SMILES string of the molecule is NCc1ccc(F)c(Cn2cc(I)cn2)c1. The van der Waals surface area contributed by atoms with Gasteiger partial charge in [-0.15, -0.1) is 0 Å². The summed E-state index contributed by atoms with van der Waals surface area (Å²) in [6, 6.07) is 4.93. The summed E-state index contributed by atoms with van der Waals surface area (Å²) >= 11 is 2.17. The van der Waals surface area contributed by atoms with Gasteiger partial charge in [0.05, 0.1) is 16.3 Å². The summed E-state index contributed by atoms with van der Waals surface area (Å²) in [6.07, 6.45) is 3.61. The van der Waals surface area contributed by atoms with Crippen molar-refractivity contribution >= 4 is 22.6 Å². The number of hydrogen-bond acceptors (Lipinski definition) is 2. The Morgan fingerprint density at radius 1 is 1.44 bits per heavy atom. The molecule has 2 rings (SSSR count). The molecule has 2 aromatic rings. The number of hydrogen-bond donors (Lipinski definition) is 1. The summed E-state index contributed by atoms with van der Waals surface area (Å²) in [6.45, 7) is 0.854. The van der Waals surface area contributed by atoms with Gasteiger partial charge in [0.25, 0.3) is 0 Å². The lowest BCUT2D eigenvalue weighted by Crippen LogP contribution is -2.04. The molecule has 0 saturated heterocycles. The summed E-state index contributed by atoms with van der Waals surface area (Å²) in [5, 5.41) is 4.12. The minimum Gasteiger partial charge on any atom is -0.326 e. The number of aromatic nitrogens is 2. The third-order valence-corrected chi connectivity index (χ3v) is 2.84. The molecule has 2 N–H and O–H groups in total. The summed E-state index contributed by atoms with van der Waals surface area (Å²) in [4.78, 5) is 0. The molecule has 0 amide bonds. The van der Waals surface area contributed by atoms with Gasteiger partial charge in [0, 0.05) is 18.3 Å². The van der Waals surface area contributed by atoms with E-state index < -0.39 is 0 Å². The normalized spacial score (nSPS) is 10.7. The summed E-state index contributed by atoms with van der Waals surface area (Å²) in [7, 11) is 0. The molecule has 84 valence electrons. The fraction of sp³-hybridized carbons (Fsp3) is 0.182. The molecule has 1 aromatic carbocycles. The third-order valence-electron chi connectivity index (χ3n) is 2.28. The van der Waals surface area contributed by atoms with Crippen molar-refractivity contribution in [2.75, 3.05) is 0 Å². The first-order chi connectivity index (χ1) is 7.69. The molecule has 3 nitrogen and oxygen atoms in total. The van der Waals surface area contributed by atoms with Gasteiger partial charge in [0.15, 0.2) is 0 Å². The molecule has 0 atom stereocenters. The van der Waals surface area contributed by atoms with Crippen molar-refractivity contribution in [2.45, 2.75) is 13.1 Å². The minimum absolute atomic E-state index is 0.220. The predicted molar refractivity (Wildman–Crippen MR) is 68.3 cm³/mol. The zero-order valence-corrected chi connectivity index (χ0v) is 10.7. The van der Waals surface area contributed by atoms with Crippen LogP contribution in [0.15, 0.2) is 30.6 Å². The topological polar surface area (TPSA) is 43.8 Å². The average molecular weight is 331 g/mol. The molecule has 0 aliphatic heterocycles. The van der Waals surface area contributed by atoms with Gasteiger partial charge >= 0.3 is 0 Å². The van der Waals surface area contributed by atoms with E-state index in [4.69, 9.17) is 5.73 Å². The maximum Gasteiger partial charge on any atom is 0.128 e. The van der Waals surface area contributed by atoms with Crippen molar-refractivity contribution in [1.82, 2.24) is 9.78 Å². The Morgan fingerprint density at radius 3 is 2.88 bits per heavy atom. The Labute approximate surface area is 107 Å². The summed E-state index contributed by atoms with van der Waals surface area (Å²) in [5.74, 6) is -0.220. The Kier molecular flexibility index (Phi) is 3.55. The van der Waals surface area contributed by atoms with Gasteiger partial charge in [0.1, 0.15) is 5.82 Å². The van der Waals surface area contributed by atoms with Gasteiger partial charge in [-0.2, -0.15) is 5.10 Å². The summed E-state index contributed by atoms with van der Waals surface area (Å²) in [5.41, 5.74) is 7.06. The second-order valence-electron chi connectivity index (χ2n) is 3.49. The Bertz CT molecular complexity index is 496. The number of rotatable bonds is 3. The molecular formula is C11H11FIN3. The zero-order chi connectivity index (χ0) is 11.5. The second kappa shape index (κ2) is 4.92. The van der Waals surface area contributed by atoms with E-state index in [1.807, 2.05) is 6.20 Å². The smallest absolute Gasteiger partial charge is 0.128 e. The van der Waals surface area contributed by atoms with E-state index in [0.717, 1.165) is 9.13 Å². The van der Waals surface area contributed by atoms with Crippen LogP contribution in [0.25, 0.3) is 0 Å². The fourth-order valence-corrected chi connectivity index (χ4v) is 1.92. The average Bonchev–Trinajstić information content (AvgIpc) is 2.67. The lowest BCUT2D eigenvalue weighted by molar-refractivity contribution is 0.584. The first-order valence-corrected chi connectivity index (χ1v) is 5.92. The molecule has 5 heteroatoms. The first kappa shape index (κ1) is 11.5. The predicted octanol–water partition coefficient (Wildman–Crippen LogP) is 2.13. The highest BCUT2D eigenvalue weighted by Gasteiger charge is 2.05. The first-order valence-electron chi connectivity index (χ1n) is 4.84. The van der Waals surface area contributed by atoms with Crippen LogP contribution >= 0.6 is 22.6 Å². The molecule has 0 fully saturated rings. The van der Waals surface area contributed by atoms with Gasteiger partial charge in [-0.25, -0.2) is 4.39 Å². The highest BCUT2D eigenvalue weighted by atomic mass is 127. The highest BCUT2D eigenvalue weighted by Crippen LogP contribution is 2.12. The Balaban J connectivity index is 2.26. The molecule has 0 saturated carbocycles. The van der Waals surface area contributed by atoms with E-state index in [9.17, 15) is 4.39 Å². The number of benzene rings is 1. The van der Waals surface area contributed by atoms with E-state index in [0.29, 0.717) is 18.7 Å². The Morgan fingerprint density at radius 2 is 2.25 bits per heavy atom. The number of nitrogens with two attached hydrogens (primary N) is 1. The van der Waals surface area contributed by atoms with Crippen molar-refractivity contribution in [3.05, 3.63) is 51.1 Å². The third kappa shape index (κ3) is 2.59. The second-order valence-corrected chi connectivity index (χ2v) is 4.73. The molecule has 0 bridgehead atoms. The van der Waals surface area contributed by atoms with Crippen LogP contribution in [0.5, 0.6) is 0 Å². The molecule has 16 heavy (non-hydrogen) atoms. The fourth-order valence-electron chi connectivity index (χ4n) is 1.48. The van der Waals surface area contributed by atoms with Crippen LogP contribution in [0.1, 0.15) is 11.1 Å². The molecule has 0 unspecified atom stereocenters. The van der Waals surface area contributed by atoms with Crippen molar-refractivity contribution in [2.24, 2.45) is 5.73 Å². The largest absolute Gasteiger partial charge is 0.326 e. The maximum absolute atomic E-state index is 13.5. The monoisotopic (exact) mass is 331 g/mol. The van der Waals surface area contributed by atoms with Gasteiger partial charge < -0.3 is 5.73 Å². The van der Waals surface area contributed by atoms with E-state index in [2.05, 4.69) is 27.7 Å². The van der Waals surface area contributed by atoms with E-state index in [1.54, 1.807) is 23.0 Å². The van der Waals surface area contributed by atoms with E-state index >= 15 is 0 Å². The van der Waals surface area contributed by atoms with Crippen LogP contribution in [-0.4, -0.2) is 9.78 Å². The highest BCUT2D eigenvalue weighted by molar-refractivity contribution is 14.1. The van der Waals surface area contributed by atoms with Crippen molar-refractivity contribution < 1.29 is 4.39 Å². The lowest BCUT2D eigenvalue weighted by atomic mass is 10.1. The van der Waals surface area contributed by atoms with E-state index in [-0.39, 0.29) is 5.82 Å². The minimum atomic E-state index is -0.220. The van der Waals surface area contributed by atoms with Crippen LogP contribution in [-0.2, 0) is 13.1 Å². The van der Waals surface area contributed by atoms with Crippen LogP contribution < -0.4 is 5.73 Å². The van der Waals surface area contributed by atoms with Crippen LogP contribution in [0, 0.1) is 9.39 Å². The van der Waals surface area contributed by atoms with Gasteiger partial charge in [-0.05, 0) is 40.3 Å². The van der Waals surface area contributed by atoms with Crippen molar-refractivity contribution in [3.8, 4) is 0 Å². The van der Waals surface area contributed by atoms with Gasteiger partial charge in [0.2, 0.25) is 0 Å². The standard InChI is InChI=1S/C11H11FIN3/c12-11-2-1-8(4-14)3-9(11)6-16-7-10(13)5-15-16/h1-3,5,7H,4,6,14H2. The van der Waals surface area contributed by atoms with Gasteiger partial charge in [-0.3, -0.25) is 4.68 Å². The molecule has 0 radical (unpaired) electrons. The molecular weight excluding hydrogens is 320 g/mol. The van der Waals surface area contributed by atoms with Gasteiger partial charge in [-0.1, -0.05) is 6.07 Å². The zero-order valence-electron chi connectivity index (χ0n) is 8.53. The van der Waals surface area contributed by atoms with Crippen molar-refractivity contribution in [3.63, 3.8) is 0 Å². The lowest BCUT2D eigenvalue weighted by Gasteiger charge is -2.05. The molecule has 1 aromatic heterocycles. The number of nitrogens with zero attached hydrogens (tertiary/aromatic N) is 2. The van der Waals surface area contributed by atoms with Crippen LogP contribution in [0.3, 0.4) is 0 Å². The quantitative estimate of drug-likeness (QED) is 0.876. The van der Waals surface area contributed by atoms with Crippen LogP contribution in [0.4, 0.5) is 4.39 Å². The Hall–Kier alpha value is -0.950. The molecule has 1 heterocycles. The maximum atomic E-state index is 13.5. The molecule has 0 aliphatic carbocycles. The van der Waals surface area contributed by atoms with Crippen molar-refractivity contribution in [1.29, 1.82) is 0 Å². The molecule has 0 spiro atoms.